The molecule has 0 aliphatic rings. The van der Waals surface area contributed by atoms with E-state index in [0.29, 0.717) is 16.9 Å². The van der Waals surface area contributed by atoms with Crippen molar-refractivity contribution in [3.05, 3.63) is 60.2 Å². The van der Waals surface area contributed by atoms with Gasteiger partial charge in [0.15, 0.2) is 0 Å². The van der Waals surface area contributed by atoms with Crippen molar-refractivity contribution >= 4 is 34.9 Å². The number of hydrogen-bond acceptors (Lipinski definition) is 4. The van der Waals surface area contributed by atoms with Crippen molar-refractivity contribution in [3.8, 4) is 0 Å². The van der Waals surface area contributed by atoms with Crippen LogP contribution in [0.1, 0.15) is 10.4 Å². The zero-order chi connectivity index (χ0) is 18.1. The minimum absolute atomic E-state index is 0.0859. The molecule has 3 amide bonds. The third-order valence-electron chi connectivity index (χ3n) is 3.20. The van der Waals surface area contributed by atoms with Gasteiger partial charge in [0.05, 0.1) is 17.5 Å². The van der Waals surface area contributed by atoms with Crippen LogP contribution in [0, 0.1) is 0 Å². The average molecular weight is 363 g/mol. The van der Waals surface area contributed by atoms with Crippen LogP contribution in [0.25, 0.3) is 0 Å². The summed E-state index contributed by atoms with van der Waals surface area (Å²) in [6.45, 7) is 0.204. The van der Waals surface area contributed by atoms with Crippen molar-refractivity contribution in [2.24, 2.45) is 0 Å². The Kier molecular flexibility index (Phi) is 7.06. The van der Waals surface area contributed by atoms with Crippen molar-refractivity contribution in [3.63, 3.8) is 0 Å². The zero-order valence-electron chi connectivity index (χ0n) is 13.3. The minimum atomic E-state index is -0.729. The van der Waals surface area contributed by atoms with Gasteiger partial charge < -0.3 is 15.7 Å². The first-order valence-corrected chi connectivity index (χ1v) is 8.13. The fourth-order valence-corrected chi connectivity index (χ4v) is 2.09. The van der Waals surface area contributed by atoms with E-state index >= 15 is 0 Å². The average Bonchev–Trinajstić information content (AvgIpc) is 2.65. The Balaban J connectivity index is 1.91. The zero-order valence-corrected chi connectivity index (χ0v) is 14.1. The second kappa shape index (κ2) is 9.51. The summed E-state index contributed by atoms with van der Waals surface area (Å²) in [5.41, 5.74) is 6.07. The molecule has 0 radical (unpaired) electrons. The number of aliphatic hydroxyl groups is 1. The van der Waals surface area contributed by atoms with Gasteiger partial charge in [-0.2, -0.15) is 0 Å². The summed E-state index contributed by atoms with van der Waals surface area (Å²) < 4.78 is 0. The third-order valence-corrected chi connectivity index (χ3v) is 3.56. The molecule has 132 valence electrons. The number of carbonyl (C=O) groups excluding carboxylic acids is 2. The molecule has 1 atom stereocenters. The van der Waals surface area contributed by atoms with Crippen LogP contribution in [0.15, 0.2) is 54.6 Å². The summed E-state index contributed by atoms with van der Waals surface area (Å²) in [5.74, 6) is -0.408. The summed E-state index contributed by atoms with van der Waals surface area (Å²) in [6.07, 6.45) is -0.729. The van der Waals surface area contributed by atoms with Crippen LogP contribution in [0.5, 0.6) is 0 Å². The number of para-hydroxylation sites is 2. The first-order chi connectivity index (χ1) is 12.1. The lowest BCUT2D eigenvalue weighted by Crippen LogP contribution is -2.44. The van der Waals surface area contributed by atoms with Gasteiger partial charge in [0.1, 0.15) is 0 Å². The highest BCUT2D eigenvalue weighted by molar-refractivity contribution is 6.18. The number of urea groups is 1. The largest absolute Gasteiger partial charge is 0.390 e. The number of alkyl halides is 1. The van der Waals surface area contributed by atoms with E-state index in [0.717, 1.165) is 0 Å². The van der Waals surface area contributed by atoms with E-state index in [9.17, 15) is 14.7 Å². The van der Waals surface area contributed by atoms with Gasteiger partial charge in [-0.1, -0.05) is 30.3 Å². The summed E-state index contributed by atoms with van der Waals surface area (Å²) in [5, 5.41) is 15.0. The maximum absolute atomic E-state index is 12.3. The van der Waals surface area contributed by atoms with Gasteiger partial charge in [0, 0.05) is 17.9 Å². The number of nitrogens with one attached hydrogen (secondary N) is 4. The van der Waals surface area contributed by atoms with Gasteiger partial charge in [-0.25, -0.2) is 10.2 Å². The molecule has 0 saturated carbocycles. The maximum atomic E-state index is 12.3. The van der Waals surface area contributed by atoms with E-state index < -0.39 is 18.0 Å². The summed E-state index contributed by atoms with van der Waals surface area (Å²) in [6, 6.07) is 15.0. The lowest BCUT2D eigenvalue weighted by atomic mass is 10.1. The van der Waals surface area contributed by atoms with Crippen LogP contribution in [-0.2, 0) is 0 Å². The van der Waals surface area contributed by atoms with Crippen molar-refractivity contribution < 1.29 is 14.7 Å². The molecule has 0 aliphatic heterocycles. The van der Waals surface area contributed by atoms with Gasteiger partial charge in [-0.15, -0.1) is 11.6 Å². The van der Waals surface area contributed by atoms with E-state index in [1.165, 1.54) is 0 Å². The number of rotatable bonds is 6. The molecule has 0 aliphatic carbocycles. The van der Waals surface area contributed by atoms with Gasteiger partial charge in [0.25, 0.3) is 5.91 Å². The molecule has 0 saturated heterocycles. The molecule has 25 heavy (non-hydrogen) atoms. The highest BCUT2D eigenvalue weighted by atomic mass is 35.5. The molecule has 0 aromatic heterocycles. The highest BCUT2D eigenvalue weighted by Gasteiger charge is 2.12. The van der Waals surface area contributed by atoms with Crippen LogP contribution < -0.4 is 21.5 Å². The second-order valence-electron chi connectivity index (χ2n) is 5.13. The Labute approximate surface area is 150 Å². The van der Waals surface area contributed by atoms with Crippen molar-refractivity contribution in [1.29, 1.82) is 0 Å². The van der Waals surface area contributed by atoms with Crippen LogP contribution in [-0.4, -0.2) is 35.6 Å². The minimum Gasteiger partial charge on any atom is -0.390 e. The molecule has 0 fully saturated rings. The molecule has 7 nitrogen and oxygen atoms in total. The third kappa shape index (κ3) is 5.98. The molecular formula is C17H19ClN4O3. The summed E-state index contributed by atoms with van der Waals surface area (Å²) in [7, 11) is 0. The smallest absolute Gasteiger partial charge is 0.337 e. The van der Waals surface area contributed by atoms with Gasteiger partial charge >= 0.3 is 6.03 Å². The molecule has 2 aromatic carbocycles. The molecule has 2 aromatic rings. The van der Waals surface area contributed by atoms with Crippen LogP contribution in [0.2, 0.25) is 0 Å². The molecule has 2 rings (SSSR count). The summed E-state index contributed by atoms with van der Waals surface area (Å²) in [4.78, 5) is 24.0. The van der Waals surface area contributed by atoms with Crippen LogP contribution in [0.3, 0.4) is 0 Å². The number of halogens is 1. The molecule has 8 heteroatoms. The number of anilines is 2. The number of benzene rings is 2. The normalized spacial score (nSPS) is 11.3. The van der Waals surface area contributed by atoms with Gasteiger partial charge in [-0.3, -0.25) is 10.2 Å². The molecule has 0 bridgehead atoms. The first kappa shape index (κ1) is 18.6. The molecule has 1 unspecified atom stereocenters. The van der Waals surface area contributed by atoms with E-state index in [1.807, 2.05) is 6.07 Å². The second-order valence-corrected chi connectivity index (χ2v) is 5.44. The van der Waals surface area contributed by atoms with E-state index in [2.05, 4.69) is 21.5 Å². The standard InChI is InChI=1S/C17H19ClN4O3/c18-10-13(23)11-19-15-9-5-4-8-14(15)16(24)21-22-17(25)20-12-6-2-1-3-7-12/h1-9,13,19,23H,10-11H2,(H,21,24)(H2,20,22,25). The lowest BCUT2D eigenvalue weighted by molar-refractivity contribution is 0.0938. The molecule has 0 spiro atoms. The Morgan fingerprint density at radius 3 is 2.40 bits per heavy atom. The Morgan fingerprint density at radius 2 is 1.68 bits per heavy atom. The maximum Gasteiger partial charge on any atom is 0.337 e. The number of hydrazine groups is 1. The monoisotopic (exact) mass is 362 g/mol. The molecular weight excluding hydrogens is 344 g/mol. The Bertz CT molecular complexity index is 712. The number of hydrogen-bond donors (Lipinski definition) is 5. The van der Waals surface area contributed by atoms with E-state index in [-0.39, 0.29) is 12.4 Å². The first-order valence-electron chi connectivity index (χ1n) is 7.59. The van der Waals surface area contributed by atoms with Crippen molar-refractivity contribution in [2.45, 2.75) is 6.10 Å². The fourth-order valence-electron chi connectivity index (χ4n) is 1.98. The van der Waals surface area contributed by atoms with Gasteiger partial charge in [0.2, 0.25) is 0 Å². The van der Waals surface area contributed by atoms with E-state index in [4.69, 9.17) is 11.6 Å². The fraction of sp³-hybridized carbons (Fsp3) is 0.176. The highest BCUT2D eigenvalue weighted by Crippen LogP contribution is 2.14. The number of carbonyl (C=O) groups is 2. The van der Waals surface area contributed by atoms with Crippen LogP contribution in [0.4, 0.5) is 16.2 Å². The van der Waals surface area contributed by atoms with Crippen molar-refractivity contribution in [2.75, 3.05) is 23.1 Å². The predicted molar refractivity (Wildman–Crippen MR) is 97.7 cm³/mol. The number of amides is 3. The molecule has 5 N–H and O–H groups in total. The molecule has 0 heterocycles. The number of aliphatic hydroxyl groups excluding tert-OH is 1. The Hall–Kier alpha value is -2.77. The quantitative estimate of drug-likeness (QED) is 0.401. The van der Waals surface area contributed by atoms with Crippen LogP contribution >= 0.6 is 11.6 Å². The Morgan fingerprint density at radius 1 is 1.00 bits per heavy atom. The summed E-state index contributed by atoms with van der Waals surface area (Å²) >= 11 is 5.55. The SMILES string of the molecule is O=C(NNC(=O)c1ccccc1NCC(O)CCl)Nc1ccccc1. The topological polar surface area (TPSA) is 102 Å². The van der Waals surface area contributed by atoms with Crippen molar-refractivity contribution in [1.82, 2.24) is 10.9 Å². The lowest BCUT2D eigenvalue weighted by Gasteiger charge is -2.14. The van der Waals surface area contributed by atoms with E-state index in [1.54, 1.807) is 48.5 Å². The predicted octanol–water partition coefficient (Wildman–Crippen LogP) is 2.16. The van der Waals surface area contributed by atoms with Gasteiger partial charge in [-0.05, 0) is 24.3 Å².